The largest absolute Gasteiger partial charge is 0.463 e. The van der Waals surface area contributed by atoms with Crippen LogP contribution in [0.1, 0.15) is 17.3 Å². The van der Waals surface area contributed by atoms with Crippen LogP contribution >= 0.6 is 11.3 Å². The van der Waals surface area contributed by atoms with Crippen LogP contribution in [0.25, 0.3) is 0 Å². The van der Waals surface area contributed by atoms with Crippen LogP contribution in [0, 0.1) is 0 Å². The van der Waals surface area contributed by atoms with Gasteiger partial charge in [0.2, 0.25) is 5.95 Å². The standard InChI is InChI=1S/C9H10N4O2S/c1-2-15-9-11-8(12-13-9)10-7(14)6-3-4-16-5-6/h3-5H,2H2,1H3,(H2,10,11,12,13,14). The fourth-order valence-electron chi connectivity index (χ4n) is 1.07. The topological polar surface area (TPSA) is 79.9 Å². The summed E-state index contributed by atoms with van der Waals surface area (Å²) in [5.41, 5.74) is 0.597. The van der Waals surface area contributed by atoms with E-state index in [0.717, 1.165) is 0 Å². The van der Waals surface area contributed by atoms with E-state index in [-0.39, 0.29) is 17.9 Å². The first-order valence-corrected chi connectivity index (χ1v) is 5.62. The van der Waals surface area contributed by atoms with Gasteiger partial charge < -0.3 is 4.74 Å². The molecule has 2 N–H and O–H groups in total. The van der Waals surface area contributed by atoms with Crippen molar-refractivity contribution in [3.05, 3.63) is 22.4 Å². The maximum atomic E-state index is 11.6. The third-order valence-corrected chi connectivity index (χ3v) is 2.44. The van der Waals surface area contributed by atoms with Crippen molar-refractivity contribution in [1.82, 2.24) is 15.2 Å². The molecule has 1 amide bonds. The molecule has 0 radical (unpaired) electrons. The minimum absolute atomic E-state index is 0.222. The number of hydrogen-bond acceptors (Lipinski definition) is 5. The van der Waals surface area contributed by atoms with Crippen LogP contribution in [0.4, 0.5) is 5.95 Å². The number of thiophene rings is 1. The molecule has 2 aromatic heterocycles. The van der Waals surface area contributed by atoms with Crippen LogP contribution in [0.2, 0.25) is 0 Å². The molecule has 84 valence electrons. The smallest absolute Gasteiger partial charge is 0.337 e. The summed E-state index contributed by atoms with van der Waals surface area (Å²) in [7, 11) is 0. The number of carbonyl (C=O) groups excluding carboxylic acids is 1. The van der Waals surface area contributed by atoms with Gasteiger partial charge in [-0.25, -0.2) is 5.10 Å². The molecule has 7 heteroatoms. The maximum absolute atomic E-state index is 11.6. The Balaban J connectivity index is 2.01. The first kappa shape index (κ1) is 10.6. The van der Waals surface area contributed by atoms with Crippen molar-refractivity contribution < 1.29 is 9.53 Å². The first-order valence-electron chi connectivity index (χ1n) is 4.68. The Kier molecular flexibility index (Phi) is 3.16. The second-order valence-corrected chi connectivity index (χ2v) is 3.65. The Labute approximate surface area is 95.7 Å². The van der Waals surface area contributed by atoms with Gasteiger partial charge in [0.25, 0.3) is 5.91 Å². The molecule has 0 aromatic carbocycles. The number of ether oxygens (including phenoxy) is 1. The molecule has 0 atom stereocenters. The number of carbonyl (C=O) groups is 1. The third-order valence-electron chi connectivity index (χ3n) is 1.75. The van der Waals surface area contributed by atoms with E-state index in [1.54, 1.807) is 11.4 Å². The van der Waals surface area contributed by atoms with E-state index in [1.807, 2.05) is 12.3 Å². The van der Waals surface area contributed by atoms with Crippen molar-refractivity contribution in [2.75, 3.05) is 11.9 Å². The lowest BCUT2D eigenvalue weighted by Crippen LogP contribution is -2.11. The quantitative estimate of drug-likeness (QED) is 0.846. The van der Waals surface area contributed by atoms with Crippen molar-refractivity contribution in [2.45, 2.75) is 6.92 Å². The summed E-state index contributed by atoms with van der Waals surface area (Å²) in [6.07, 6.45) is 0. The summed E-state index contributed by atoms with van der Waals surface area (Å²) < 4.78 is 5.06. The van der Waals surface area contributed by atoms with E-state index in [9.17, 15) is 4.79 Å². The summed E-state index contributed by atoms with van der Waals surface area (Å²) in [6, 6.07) is 1.96. The molecular formula is C9H10N4O2S. The van der Waals surface area contributed by atoms with E-state index < -0.39 is 0 Å². The monoisotopic (exact) mass is 238 g/mol. The van der Waals surface area contributed by atoms with Crippen LogP contribution in [-0.2, 0) is 0 Å². The van der Waals surface area contributed by atoms with Crippen LogP contribution in [0.5, 0.6) is 6.01 Å². The minimum Gasteiger partial charge on any atom is -0.463 e. The van der Waals surface area contributed by atoms with Crippen LogP contribution in [-0.4, -0.2) is 27.7 Å². The minimum atomic E-state index is -0.222. The van der Waals surface area contributed by atoms with E-state index in [1.165, 1.54) is 11.3 Å². The molecule has 0 spiro atoms. The van der Waals surface area contributed by atoms with Crippen LogP contribution in [0.3, 0.4) is 0 Å². The zero-order chi connectivity index (χ0) is 11.4. The predicted octanol–water partition coefficient (Wildman–Crippen LogP) is 1.52. The van der Waals surface area contributed by atoms with Crippen molar-refractivity contribution in [3.63, 3.8) is 0 Å². The van der Waals surface area contributed by atoms with E-state index in [2.05, 4.69) is 20.5 Å². The van der Waals surface area contributed by atoms with Gasteiger partial charge in [-0.3, -0.25) is 10.1 Å². The van der Waals surface area contributed by atoms with Crippen LogP contribution < -0.4 is 10.1 Å². The van der Waals surface area contributed by atoms with Crippen molar-refractivity contribution in [1.29, 1.82) is 0 Å². The van der Waals surface area contributed by atoms with Gasteiger partial charge in [0.05, 0.1) is 12.2 Å². The number of nitrogens with one attached hydrogen (secondary N) is 2. The molecule has 6 nitrogen and oxygen atoms in total. The summed E-state index contributed by atoms with van der Waals surface area (Å²) in [5, 5.41) is 12.5. The molecule has 2 heterocycles. The molecule has 0 bridgehead atoms. The van der Waals surface area contributed by atoms with Gasteiger partial charge >= 0.3 is 6.01 Å². The van der Waals surface area contributed by atoms with Gasteiger partial charge in [0.1, 0.15) is 0 Å². The number of H-pyrrole nitrogens is 1. The zero-order valence-corrected chi connectivity index (χ0v) is 9.37. The van der Waals surface area contributed by atoms with Crippen molar-refractivity contribution in [3.8, 4) is 6.01 Å². The van der Waals surface area contributed by atoms with E-state index >= 15 is 0 Å². The molecule has 0 unspecified atom stereocenters. The number of aromatic amines is 1. The molecule has 16 heavy (non-hydrogen) atoms. The summed E-state index contributed by atoms with van der Waals surface area (Å²) in [4.78, 5) is 15.5. The maximum Gasteiger partial charge on any atom is 0.337 e. The highest BCUT2D eigenvalue weighted by Gasteiger charge is 2.09. The molecule has 2 rings (SSSR count). The Hall–Kier alpha value is -1.89. The van der Waals surface area contributed by atoms with Gasteiger partial charge in [-0.05, 0) is 18.4 Å². The molecule has 0 fully saturated rings. The molecule has 0 saturated carbocycles. The SMILES string of the molecule is CCOc1n[nH]c(NC(=O)c2ccsc2)n1. The average molecular weight is 238 g/mol. The number of amides is 1. The first-order chi connectivity index (χ1) is 7.79. The highest BCUT2D eigenvalue weighted by Crippen LogP contribution is 2.10. The predicted molar refractivity (Wildman–Crippen MR) is 59.8 cm³/mol. The van der Waals surface area contributed by atoms with Gasteiger partial charge in [0.15, 0.2) is 0 Å². The molecular weight excluding hydrogens is 228 g/mol. The Morgan fingerprint density at radius 2 is 2.56 bits per heavy atom. The van der Waals surface area contributed by atoms with E-state index in [4.69, 9.17) is 4.74 Å². The fourth-order valence-corrected chi connectivity index (χ4v) is 1.71. The summed E-state index contributed by atoms with van der Waals surface area (Å²) in [5.74, 6) is 0.0556. The van der Waals surface area contributed by atoms with Crippen molar-refractivity contribution >= 4 is 23.2 Å². The molecule has 2 aromatic rings. The normalized spacial score (nSPS) is 10.1. The number of aromatic nitrogens is 3. The molecule has 0 aliphatic heterocycles. The number of anilines is 1. The zero-order valence-electron chi connectivity index (χ0n) is 8.56. The third kappa shape index (κ3) is 2.37. The van der Waals surface area contributed by atoms with E-state index in [0.29, 0.717) is 12.2 Å². The lowest BCUT2D eigenvalue weighted by molar-refractivity contribution is 0.102. The Morgan fingerprint density at radius 3 is 3.25 bits per heavy atom. The summed E-state index contributed by atoms with van der Waals surface area (Å²) in [6.45, 7) is 2.32. The average Bonchev–Trinajstić information content (AvgIpc) is 2.89. The highest BCUT2D eigenvalue weighted by molar-refractivity contribution is 7.08. The fraction of sp³-hybridized carbons (Fsp3) is 0.222. The summed E-state index contributed by atoms with van der Waals surface area (Å²) >= 11 is 1.46. The molecule has 0 saturated heterocycles. The van der Waals surface area contributed by atoms with Gasteiger partial charge in [-0.2, -0.15) is 16.3 Å². The van der Waals surface area contributed by atoms with Crippen molar-refractivity contribution in [2.24, 2.45) is 0 Å². The lowest BCUT2D eigenvalue weighted by Gasteiger charge is -1.97. The Morgan fingerprint density at radius 1 is 1.69 bits per heavy atom. The highest BCUT2D eigenvalue weighted by atomic mass is 32.1. The second kappa shape index (κ2) is 4.75. The number of rotatable bonds is 4. The van der Waals surface area contributed by atoms with Gasteiger partial charge in [0, 0.05) is 5.38 Å². The van der Waals surface area contributed by atoms with Gasteiger partial charge in [-0.1, -0.05) is 0 Å². The lowest BCUT2D eigenvalue weighted by atomic mass is 10.3. The second-order valence-electron chi connectivity index (χ2n) is 2.87. The van der Waals surface area contributed by atoms with Gasteiger partial charge in [-0.15, -0.1) is 5.10 Å². The number of nitrogens with zero attached hydrogens (tertiary/aromatic N) is 2. The molecule has 0 aliphatic rings. The van der Waals surface area contributed by atoms with Crippen LogP contribution in [0.15, 0.2) is 16.8 Å². The molecule has 0 aliphatic carbocycles. The Bertz CT molecular complexity index is 466. The number of hydrogen-bond donors (Lipinski definition) is 2.